The number of thiophene rings is 1. The standard InChI is InChI=1S/C10H10N4O2S/c1-16-8-5-7(11-6-12-8)13-10(15)14-9-3-2-4-17-9/h2-6H,1H3,(H2,11,12,13,14,15). The molecule has 0 spiro atoms. The minimum Gasteiger partial charge on any atom is -0.481 e. The maximum Gasteiger partial charge on any atom is 0.325 e. The van der Waals surface area contributed by atoms with Crippen molar-refractivity contribution in [2.45, 2.75) is 0 Å². The van der Waals surface area contributed by atoms with Crippen LogP contribution in [0.1, 0.15) is 0 Å². The van der Waals surface area contributed by atoms with E-state index in [1.165, 1.54) is 30.8 Å². The number of ether oxygens (including phenoxy) is 1. The topological polar surface area (TPSA) is 76.1 Å². The zero-order valence-electron chi connectivity index (χ0n) is 9.01. The van der Waals surface area contributed by atoms with E-state index in [-0.39, 0.29) is 6.03 Å². The molecule has 0 radical (unpaired) electrons. The van der Waals surface area contributed by atoms with E-state index >= 15 is 0 Å². The number of carbonyl (C=O) groups is 1. The van der Waals surface area contributed by atoms with Gasteiger partial charge >= 0.3 is 6.03 Å². The molecule has 2 aromatic rings. The zero-order valence-corrected chi connectivity index (χ0v) is 9.82. The second kappa shape index (κ2) is 5.26. The van der Waals surface area contributed by atoms with Gasteiger partial charge < -0.3 is 4.74 Å². The Labute approximate surface area is 102 Å². The average molecular weight is 250 g/mol. The molecule has 0 fully saturated rings. The Kier molecular flexibility index (Phi) is 3.51. The Morgan fingerprint density at radius 2 is 2.29 bits per heavy atom. The van der Waals surface area contributed by atoms with Gasteiger partial charge in [0.05, 0.1) is 12.1 Å². The highest BCUT2D eigenvalue weighted by molar-refractivity contribution is 7.14. The minimum absolute atomic E-state index is 0.354. The van der Waals surface area contributed by atoms with E-state index in [0.717, 1.165) is 5.00 Å². The molecule has 0 saturated heterocycles. The Bertz CT molecular complexity index is 501. The number of amides is 2. The van der Waals surface area contributed by atoms with Gasteiger partial charge in [-0.25, -0.2) is 14.8 Å². The molecule has 0 bridgehead atoms. The zero-order chi connectivity index (χ0) is 12.1. The molecule has 0 saturated carbocycles. The van der Waals surface area contributed by atoms with Crippen LogP contribution in [-0.4, -0.2) is 23.1 Å². The van der Waals surface area contributed by atoms with E-state index < -0.39 is 0 Å². The molecule has 17 heavy (non-hydrogen) atoms. The van der Waals surface area contributed by atoms with Gasteiger partial charge in [0.1, 0.15) is 12.1 Å². The van der Waals surface area contributed by atoms with E-state index in [0.29, 0.717) is 11.7 Å². The van der Waals surface area contributed by atoms with E-state index in [2.05, 4.69) is 20.6 Å². The fourth-order valence-electron chi connectivity index (χ4n) is 1.13. The molecular weight excluding hydrogens is 240 g/mol. The molecule has 0 atom stereocenters. The van der Waals surface area contributed by atoms with Crippen LogP contribution in [0.15, 0.2) is 29.9 Å². The van der Waals surface area contributed by atoms with Crippen molar-refractivity contribution < 1.29 is 9.53 Å². The Balaban J connectivity index is 1.98. The van der Waals surface area contributed by atoms with E-state index in [1.807, 2.05) is 17.5 Å². The maximum atomic E-state index is 11.6. The van der Waals surface area contributed by atoms with Crippen molar-refractivity contribution in [2.24, 2.45) is 0 Å². The highest BCUT2D eigenvalue weighted by atomic mass is 32.1. The number of anilines is 2. The first kappa shape index (κ1) is 11.3. The monoisotopic (exact) mass is 250 g/mol. The van der Waals surface area contributed by atoms with Crippen molar-refractivity contribution in [3.63, 3.8) is 0 Å². The van der Waals surface area contributed by atoms with E-state index in [1.54, 1.807) is 0 Å². The highest BCUT2D eigenvalue weighted by Gasteiger charge is 2.05. The van der Waals surface area contributed by atoms with Crippen LogP contribution in [0.25, 0.3) is 0 Å². The van der Waals surface area contributed by atoms with Crippen molar-refractivity contribution in [3.05, 3.63) is 29.9 Å². The Hall–Kier alpha value is -2.15. The third kappa shape index (κ3) is 3.15. The van der Waals surface area contributed by atoms with Crippen LogP contribution in [0.2, 0.25) is 0 Å². The summed E-state index contributed by atoms with van der Waals surface area (Å²) in [5, 5.41) is 7.90. The van der Waals surface area contributed by atoms with Gasteiger partial charge in [-0.3, -0.25) is 10.6 Å². The summed E-state index contributed by atoms with van der Waals surface area (Å²) in [6.07, 6.45) is 1.32. The van der Waals surface area contributed by atoms with Crippen molar-refractivity contribution in [2.75, 3.05) is 17.7 Å². The number of nitrogens with zero attached hydrogens (tertiary/aromatic N) is 2. The number of urea groups is 1. The summed E-state index contributed by atoms with van der Waals surface area (Å²) >= 11 is 1.44. The number of hydrogen-bond acceptors (Lipinski definition) is 5. The van der Waals surface area contributed by atoms with Crippen LogP contribution in [0.4, 0.5) is 15.6 Å². The van der Waals surface area contributed by atoms with Gasteiger partial charge in [0.15, 0.2) is 0 Å². The van der Waals surface area contributed by atoms with Crippen molar-refractivity contribution in [1.29, 1.82) is 0 Å². The molecule has 0 unspecified atom stereocenters. The molecule has 88 valence electrons. The van der Waals surface area contributed by atoms with Crippen molar-refractivity contribution in [1.82, 2.24) is 9.97 Å². The van der Waals surface area contributed by atoms with Gasteiger partial charge in [-0.1, -0.05) is 0 Å². The van der Waals surface area contributed by atoms with Crippen molar-refractivity contribution in [3.8, 4) is 5.88 Å². The predicted molar refractivity (Wildman–Crippen MR) is 65.5 cm³/mol. The van der Waals surface area contributed by atoms with Gasteiger partial charge in [-0.05, 0) is 17.5 Å². The summed E-state index contributed by atoms with van der Waals surface area (Å²) in [5.41, 5.74) is 0. The first-order valence-corrected chi connectivity index (χ1v) is 5.63. The summed E-state index contributed by atoms with van der Waals surface area (Å²) < 4.78 is 4.92. The first-order chi connectivity index (χ1) is 8.28. The molecule has 0 aromatic carbocycles. The van der Waals surface area contributed by atoms with E-state index in [4.69, 9.17) is 4.74 Å². The minimum atomic E-state index is -0.354. The SMILES string of the molecule is COc1cc(NC(=O)Nc2cccs2)ncn1. The second-order valence-corrected chi connectivity index (χ2v) is 3.95. The molecule has 2 amide bonds. The fourth-order valence-corrected chi connectivity index (χ4v) is 1.74. The fraction of sp³-hybridized carbons (Fsp3) is 0.100. The van der Waals surface area contributed by atoms with Gasteiger partial charge in [0.2, 0.25) is 5.88 Å². The number of carbonyl (C=O) groups excluding carboxylic acids is 1. The number of hydrogen-bond donors (Lipinski definition) is 2. The maximum absolute atomic E-state index is 11.6. The summed E-state index contributed by atoms with van der Waals surface area (Å²) in [7, 11) is 1.50. The third-order valence-corrected chi connectivity index (χ3v) is 2.64. The summed E-state index contributed by atoms with van der Waals surface area (Å²) in [5.74, 6) is 0.775. The number of aromatic nitrogens is 2. The van der Waals surface area contributed by atoms with E-state index in [9.17, 15) is 4.79 Å². The lowest BCUT2D eigenvalue weighted by molar-refractivity contribution is 0.262. The highest BCUT2D eigenvalue weighted by Crippen LogP contribution is 2.15. The molecule has 7 heteroatoms. The molecular formula is C10H10N4O2S. The molecule has 0 aliphatic rings. The van der Waals surface area contributed by atoms with Gasteiger partial charge in [0, 0.05) is 6.07 Å². The van der Waals surface area contributed by atoms with Crippen molar-refractivity contribution >= 4 is 28.2 Å². The lowest BCUT2D eigenvalue weighted by Crippen LogP contribution is -2.19. The Morgan fingerprint density at radius 3 is 3.00 bits per heavy atom. The molecule has 0 aliphatic carbocycles. The molecule has 2 rings (SSSR count). The molecule has 2 heterocycles. The summed E-state index contributed by atoms with van der Waals surface area (Å²) in [4.78, 5) is 19.3. The number of rotatable bonds is 3. The largest absolute Gasteiger partial charge is 0.481 e. The third-order valence-electron chi connectivity index (χ3n) is 1.85. The number of nitrogens with one attached hydrogen (secondary N) is 2. The molecule has 6 nitrogen and oxygen atoms in total. The van der Waals surface area contributed by atoms with Crippen LogP contribution in [0.3, 0.4) is 0 Å². The molecule has 2 aromatic heterocycles. The lowest BCUT2D eigenvalue weighted by atomic mass is 10.5. The average Bonchev–Trinajstić information content (AvgIpc) is 2.82. The van der Waals surface area contributed by atoms with Crippen LogP contribution >= 0.6 is 11.3 Å². The smallest absolute Gasteiger partial charge is 0.325 e. The van der Waals surface area contributed by atoms with Gasteiger partial charge in [-0.15, -0.1) is 11.3 Å². The first-order valence-electron chi connectivity index (χ1n) is 4.75. The normalized spacial score (nSPS) is 9.71. The van der Waals surface area contributed by atoms with Gasteiger partial charge in [0.25, 0.3) is 0 Å². The molecule has 2 N–H and O–H groups in total. The van der Waals surface area contributed by atoms with Crippen LogP contribution in [0, 0.1) is 0 Å². The Morgan fingerprint density at radius 1 is 1.41 bits per heavy atom. The predicted octanol–water partition coefficient (Wildman–Crippen LogP) is 2.19. The number of methoxy groups -OCH3 is 1. The second-order valence-electron chi connectivity index (χ2n) is 3.00. The van der Waals surface area contributed by atoms with Gasteiger partial charge in [-0.2, -0.15) is 0 Å². The quantitative estimate of drug-likeness (QED) is 0.875. The van der Waals surface area contributed by atoms with Crippen LogP contribution < -0.4 is 15.4 Å². The lowest BCUT2D eigenvalue weighted by Gasteiger charge is -2.05. The summed E-state index contributed by atoms with van der Waals surface area (Å²) in [6.45, 7) is 0. The molecule has 0 aliphatic heterocycles. The van der Waals surface area contributed by atoms with Crippen LogP contribution in [-0.2, 0) is 0 Å². The van der Waals surface area contributed by atoms with Crippen LogP contribution in [0.5, 0.6) is 5.88 Å². The summed E-state index contributed by atoms with van der Waals surface area (Å²) in [6, 6.07) is 4.85.